The molecule has 0 aliphatic carbocycles. The van der Waals surface area contributed by atoms with E-state index in [0.29, 0.717) is 0 Å². The summed E-state index contributed by atoms with van der Waals surface area (Å²) in [5, 5.41) is 36.1. The number of fused-ring (bicyclic) bond motifs is 15. The number of furan rings is 6. The quantitative estimate of drug-likeness (QED) is 0.106. The molecular weight excluding hydrogens is 1750 g/mol. The van der Waals surface area contributed by atoms with Crippen molar-refractivity contribution in [3.8, 4) is 100 Å². The molecule has 6 aromatic heterocycles. The maximum Gasteiger partial charge on any atom is 0.143 e. The monoisotopic (exact) mass is 1830 g/mol. The van der Waals surface area contributed by atoms with Gasteiger partial charge < -0.3 is 26.5 Å². The standard InChI is InChI=1S/3C46H26O2/c1-3-17-34-32(15-1)42(28-12-7-11-27(25-28)30-19-9-21-37-31-14-5-6-22-39(31)48-46(30)37)33-16-2-4-18-35(33)44(34)38-26-29-13-8-23-40-43(29)45-36(38)20-10-24-41(45)47-40;1-3-16-35-33(14-1)43(29-11-7-10-27(24-29)28-22-23-32-31-13-5-6-19-39(31)47-42(32)26-28)34-15-2-4-17-36(34)45(35)38-25-30-12-8-20-40-44(30)46-37(38)18-9-21-41(46)48-40;1-2-14-32(29(12-1)27-23-24-31-30-13-7-8-20-39(30)47-42(31)26-27)44-33-15-3-5-17-35(33)45(36-18-6-4-16-34(36)44)38-25-28-11-9-21-40-43(28)46-37(38)19-10-22-41(46)48-40/h3*1-26H. The summed E-state index contributed by atoms with van der Waals surface area (Å²) in [6.45, 7) is 0. The van der Waals surface area contributed by atoms with E-state index in [0.717, 1.165) is 127 Å². The lowest BCUT2D eigenvalue weighted by molar-refractivity contribution is 0.668. The molecule has 0 saturated carbocycles. The minimum Gasteiger partial charge on any atom is -0.456 e. The van der Waals surface area contributed by atoms with E-state index in [9.17, 15) is 0 Å². The van der Waals surface area contributed by atoms with Crippen molar-refractivity contribution in [3.63, 3.8) is 0 Å². The third kappa shape index (κ3) is 11.9. The van der Waals surface area contributed by atoms with Crippen molar-refractivity contribution in [1.82, 2.24) is 0 Å². The van der Waals surface area contributed by atoms with E-state index >= 15 is 0 Å². The first-order valence-corrected chi connectivity index (χ1v) is 49.3. The highest BCUT2D eigenvalue weighted by molar-refractivity contribution is 6.35. The molecule has 0 atom stereocenters. The zero-order valence-electron chi connectivity index (χ0n) is 77.5. The van der Waals surface area contributed by atoms with Crippen molar-refractivity contribution in [1.29, 1.82) is 0 Å². The summed E-state index contributed by atoms with van der Waals surface area (Å²) in [7, 11) is 0. The van der Waals surface area contributed by atoms with Gasteiger partial charge in [0, 0.05) is 70.2 Å². The Hall–Kier alpha value is -19.1. The molecule has 33 rings (SSSR count). The summed E-state index contributed by atoms with van der Waals surface area (Å²) >= 11 is 0. The largest absolute Gasteiger partial charge is 0.456 e. The molecule has 0 unspecified atom stereocenters. The first kappa shape index (κ1) is 79.9. The summed E-state index contributed by atoms with van der Waals surface area (Å²) in [6.07, 6.45) is 0. The summed E-state index contributed by atoms with van der Waals surface area (Å²) in [5.74, 6) is 0. The lowest BCUT2D eigenvalue weighted by atomic mass is 9.82. The Balaban J connectivity index is 0.0000000986. The van der Waals surface area contributed by atoms with Crippen LogP contribution in [0.1, 0.15) is 0 Å². The van der Waals surface area contributed by atoms with Crippen LogP contribution in [-0.4, -0.2) is 0 Å². The fourth-order valence-corrected chi connectivity index (χ4v) is 24.6. The third-order valence-corrected chi connectivity index (χ3v) is 30.7. The Morgan fingerprint density at radius 2 is 0.340 bits per heavy atom. The van der Waals surface area contributed by atoms with Crippen molar-refractivity contribution in [3.05, 3.63) is 473 Å². The van der Waals surface area contributed by atoms with E-state index < -0.39 is 0 Å². The molecule has 0 spiro atoms. The molecule has 6 heteroatoms. The highest BCUT2D eigenvalue weighted by atomic mass is 16.3. The van der Waals surface area contributed by atoms with Gasteiger partial charge in [-0.25, -0.2) is 0 Å². The SMILES string of the molecule is c1cc(-c2c3ccccc3c(-c3cc4cccc5oc6cccc3c6c45)c3ccccc23)cc(-c2cccc3c2oc2ccccc23)c1.c1cc(-c2ccc3c(c2)oc2ccccc23)cc(-c2c3ccccc3c(-c3cc4cccc5oc6cccc3c6c45)c3ccccc23)c1.c1ccc(-c2c3ccccc3c(-c3cc4cccc5oc6cccc3c6c45)c3ccccc23)c(-c2ccc3c(c2)oc2ccccc23)c1. The lowest BCUT2D eigenvalue weighted by Gasteiger charge is -2.20. The predicted octanol–water partition coefficient (Wildman–Crippen LogP) is 40.2. The number of hydrogen-bond donors (Lipinski definition) is 0. The van der Waals surface area contributed by atoms with Crippen LogP contribution in [0.2, 0.25) is 0 Å². The Morgan fingerprint density at radius 3 is 0.750 bits per heavy atom. The van der Waals surface area contributed by atoms with Crippen molar-refractivity contribution in [2.75, 3.05) is 0 Å². The Kier molecular flexibility index (Phi) is 17.3. The fraction of sp³-hybridized carbons (Fsp3) is 0. The summed E-state index contributed by atoms with van der Waals surface area (Å²) < 4.78 is 38.1. The van der Waals surface area contributed by atoms with Gasteiger partial charge in [-0.1, -0.05) is 364 Å². The average molecular weight is 1830 g/mol. The maximum absolute atomic E-state index is 6.46. The van der Waals surface area contributed by atoms with Crippen LogP contribution in [-0.2, 0) is 0 Å². The second-order valence-corrected chi connectivity index (χ2v) is 38.3. The molecule has 0 radical (unpaired) electrons. The number of benzene rings is 27. The van der Waals surface area contributed by atoms with Crippen LogP contribution in [0.5, 0.6) is 0 Å². The molecule has 0 amide bonds. The molecule has 0 saturated heterocycles. The summed E-state index contributed by atoms with van der Waals surface area (Å²) in [5.41, 5.74) is 32.7. The predicted molar refractivity (Wildman–Crippen MR) is 603 cm³/mol. The smallest absolute Gasteiger partial charge is 0.143 e. The van der Waals surface area contributed by atoms with Crippen LogP contribution in [0.25, 0.3) is 329 Å². The molecule has 0 aliphatic heterocycles. The minimum absolute atomic E-state index is 0.903. The number of rotatable bonds is 9. The summed E-state index contributed by atoms with van der Waals surface area (Å²) in [6, 6.07) is 170. The highest BCUT2D eigenvalue weighted by Gasteiger charge is 2.29. The molecular formula is C138H78O6. The molecule has 0 N–H and O–H groups in total. The number of para-hydroxylation sites is 4. The van der Waals surface area contributed by atoms with E-state index in [2.05, 4.69) is 437 Å². The fourth-order valence-electron chi connectivity index (χ4n) is 24.6. The normalized spacial score (nSPS) is 12.2. The van der Waals surface area contributed by atoms with Crippen LogP contribution >= 0.6 is 0 Å². The second kappa shape index (κ2) is 31.2. The zero-order chi connectivity index (χ0) is 94.0. The van der Waals surface area contributed by atoms with Gasteiger partial charge in [-0.3, -0.25) is 0 Å². The van der Waals surface area contributed by atoms with Crippen LogP contribution in [0, 0.1) is 0 Å². The molecule has 0 aliphatic rings. The first-order chi connectivity index (χ1) is 71.4. The van der Waals surface area contributed by atoms with Gasteiger partial charge in [-0.05, 0) is 301 Å². The molecule has 6 heterocycles. The molecule has 0 fully saturated rings. The number of hydrogen-bond acceptors (Lipinski definition) is 6. The first-order valence-electron chi connectivity index (χ1n) is 49.3. The third-order valence-electron chi connectivity index (χ3n) is 30.7. The van der Waals surface area contributed by atoms with Crippen LogP contribution < -0.4 is 0 Å². The lowest BCUT2D eigenvalue weighted by Crippen LogP contribution is -1.93. The zero-order valence-corrected chi connectivity index (χ0v) is 77.5. The van der Waals surface area contributed by atoms with Crippen LogP contribution in [0.4, 0.5) is 0 Å². The van der Waals surface area contributed by atoms with Crippen molar-refractivity contribution >= 4 is 229 Å². The molecule has 6 nitrogen and oxygen atoms in total. The van der Waals surface area contributed by atoms with Gasteiger partial charge in [0.1, 0.15) is 67.0 Å². The van der Waals surface area contributed by atoms with Gasteiger partial charge >= 0.3 is 0 Å². The molecule has 33 aromatic rings. The van der Waals surface area contributed by atoms with Gasteiger partial charge in [-0.2, -0.15) is 0 Å². The van der Waals surface area contributed by atoms with Crippen molar-refractivity contribution in [2.24, 2.45) is 0 Å². The van der Waals surface area contributed by atoms with E-state index in [-0.39, 0.29) is 0 Å². The molecule has 666 valence electrons. The van der Waals surface area contributed by atoms with E-state index in [1.54, 1.807) is 0 Å². The Morgan fingerprint density at radius 1 is 0.104 bits per heavy atom. The van der Waals surface area contributed by atoms with Crippen molar-refractivity contribution < 1.29 is 26.5 Å². The van der Waals surface area contributed by atoms with Gasteiger partial charge in [0.15, 0.2) is 0 Å². The Bertz CT molecular complexity index is 11000. The van der Waals surface area contributed by atoms with Gasteiger partial charge in [0.2, 0.25) is 0 Å². The minimum atomic E-state index is 0.903. The topological polar surface area (TPSA) is 78.8 Å². The van der Waals surface area contributed by atoms with Crippen LogP contribution in [0.3, 0.4) is 0 Å². The second-order valence-electron chi connectivity index (χ2n) is 38.3. The summed E-state index contributed by atoms with van der Waals surface area (Å²) in [4.78, 5) is 0. The highest BCUT2D eigenvalue weighted by Crippen LogP contribution is 2.56. The van der Waals surface area contributed by atoms with Gasteiger partial charge in [0.25, 0.3) is 0 Å². The van der Waals surface area contributed by atoms with E-state index in [1.165, 1.54) is 202 Å². The van der Waals surface area contributed by atoms with E-state index in [4.69, 9.17) is 26.5 Å². The van der Waals surface area contributed by atoms with Crippen LogP contribution in [0.15, 0.2) is 500 Å². The average Bonchev–Trinajstić information content (AvgIpc) is 1.22. The molecule has 0 bridgehead atoms. The maximum atomic E-state index is 6.46. The molecule has 144 heavy (non-hydrogen) atoms. The van der Waals surface area contributed by atoms with Gasteiger partial charge in [-0.15, -0.1) is 0 Å². The Labute approximate surface area is 822 Å². The van der Waals surface area contributed by atoms with E-state index in [1.807, 2.05) is 36.4 Å². The molecule has 27 aromatic carbocycles. The van der Waals surface area contributed by atoms with Crippen molar-refractivity contribution in [2.45, 2.75) is 0 Å². The van der Waals surface area contributed by atoms with Gasteiger partial charge in [0.05, 0.1) is 0 Å².